The molecule has 0 aliphatic rings. The second-order valence-corrected chi connectivity index (χ2v) is 8.37. The third kappa shape index (κ3) is 3.36. The average molecular weight is 415 g/mol. The number of hydrogen-bond donors (Lipinski definition) is 0. The van der Waals surface area contributed by atoms with E-state index in [2.05, 4.69) is 0 Å². The molecule has 0 aliphatic carbocycles. The lowest BCUT2D eigenvalue weighted by atomic mass is 9.99. The monoisotopic (exact) mass is 414 g/mol. The Morgan fingerprint density at radius 2 is 1.00 bits per heavy atom. The van der Waals surface area contributed by atoms with Gasteiger partial charge in [0.2, 0.25) is 0 Å². The van der Waals surface area contributed by atoms with Crippen molar-refractivity contribution >= 4 is 51.7 Å². The van der Waals surface area contributed by atoms with Gasteiger partial charge in [-0.2, -0.15) is 0 Å². The van der Waals surface area contributed by atoms with Crippen molar-refractivity contribution in [1.29, 1.82) is 0 Å². The lowest BCUT2D eigenvalue weighted by Gasteiger charge is -2.06. The molecule has 0 spiro atoms. The van der Waals surface area contributed by atoms with Gasteiger partial charge in [-0.25, -0.2) is 0 Å². The molecule has 2 aromatic carbocycles. The van der Waals surface area contributed by atoms with Crippen molar-refractivity contribution < 1.29 is 4.79 Å². The highest BCUT2D eigenvalue weighted by Gasteiger charge is 2.20. The van der Waals surface area contributed by atoms with E-state index in [1.807, 2.05) is 71.4 Å². The Labute approximate surface area is 169 Å². The smallest absolute Gasteiger partial charge is 0.195 e. The Balaban J connectivity index is 1.75. The molecule has 1 nitrogen and oxygen atoms in total. The fourth-order valence-corrected chi connectivity index (χ4v) is 4.82. The predicted octanol–water partition coefficient (Wildman–Crippen LogP) is 7.68. The van der Waals surface area contributed by atoms with Crippen LogP contribution in [0.25, 0.3) is 20.9 Å². The lowest BCUT2D eigenvalue weighted by Crippen LogP contribution is -2.01. The Morgan fingerprint density at radius 1 is 0.615 bits per heavy atom. The standard InChI is InChI=1S/C21H12Cl2OS2/c22-15-5-1-13(2-6-15)20-17(9-11-25-20)19(24)18-10-12-26-21(18)14-3-7-16(23)8-4-14/h1-12H. The topological polar surface area (TPSA) is 17.1 Å². The van der Waals surface area contributed by atoms with Gasteiger partial charge in [-0.05, 0) is 58.3 Å². The van der Waals surface area contributed by atoms with Crippen LogP contribution in [0.15, 0.2) is 71.4 Å². The highest BCUT2D eigenvalue weighted by molar-refractivity contribution is 7.14. The first kappa shape index (κ1) is 17.5. The van der Waals surface area contributed by atoms with Crippen LogP contribution in [0, 0.1) is 0 Å². The Morgan fingerprint density at radius 3 is 1.38 bits per heavy atom. The van der Waals surface area contributed by atoms with Crippen molar-refractivity contribution in [2.75, 3.05) is 0 Å². The summed E-state index contributed by atoms with van der Waals surface area (Å²) in [5.74, 6) is 0.0300. The zero-order valence-corrected chi connectivity index (χ0v) is 16.6. The molecule has 0 fully saturated rings. The van der Waals surface area contributed by atoms with Gasteiger partial charge in [0.1, 0.15) is 0 Å². The molecular weight excluding hydrogens is 403 g/mol. The predicted molar refractivity (Wildman–Crippen MR) is 113 cm³/mol. The summed E-state index contributed by atoms with van der Waals surface area (Å²) in [5.41, 5.74) is 3.42. The number of rotatable bonds is 4. The van der Waals surface area contributed by atoms with Crippen molar-refractivity contribution in [2.24, 2.45) is 0 Å². The van der Waals surface area contributed by atoms with E-state index < -0.39 is 0 Å². The molecule has 128 valence electrons. The third-order valence-electron chi connectivity index (χ3n) is 4.03. The van der Waals surface area contributed by atoms with E-state index in [9.17, 15) is 4.79 Å². The maximum absolute atomic E-state index is 13.3. The van der Waals surface area contributed by atoms with E-state index in [1.54, 1.807) is 22.7 Å². The molecule has 0 N–H and O–H groups in total. The largest absolute Gasteiger partial charge is 0.289 e. The summed E-state index contributed by atoms with van der Waals surface area (Å²) >= 11 is 15.1. The van der Waals surface area contributed by atoms with Gasteiger partial charge in [-0.1, -0.05) is 47.5 Å². The van der Waals surface area contributed by atoms with E-state index in [0.717, 1.165) is 20.9 Å². The maximum Gasteiger partial charge on any atom is 0.195 e. The lowest BCUT2D eigenvalue weighted by molar-refractivity contribution is 0.104. The number of hydrogen-bond acceptors (Lipinski definition) is 3. The van der Waals surface area contributed by atoms with E-state index in [1.165, 1.54) is 0 Å². The van der Waals surface area contributed by atoms with E-state index in [-0.39, 0.29) is 5.78 Å². The minimum atomic E-state index is 0.0300. The Hall–Kier alpha value is -1.91. The van der Waals surface area contributed by atoms with Gasteiger partial charge in [-0.15, -0.1) is 22.7 Å². The van der Waals surface area contributed by atoms with Crippen LogP contribution in [0.1, 0.15) is 15.9 Å². The zero-order valence-electron chi connectivity index (χ0n) is 13.4. The quantitative estimate of drug-likeness (QED) is 0.312. The van der Waals surface area contributed by atoms with Crippen molar-refractivity contribution in [2.45, 2.75) is 0 Å². The van der Waals surface area contributed by atoms with Gasteiger partial charge in [0.15, 0.2) is 5.78 Å². The fraction of sp³-hybridized carbons (Fsp3) is 0. The van der Waals surface area contributed by atoms with Gasteiger partial charge in [0.05, 0.1) is 0 Å². The molecule has 0 bridgehead atoms. The van der Waals surface area contributed by atoms with E-state index in [4.69, 9.17) is 23.2 Å². The summed E-state index contributed by atoms with van der Waals surface area (Å²) in [6.45, 7) is 0. The van der Waals surface area contributed by atoms with Crippen LogP contribution in [-0.2, 0) is 0 Å². The molecule has 0 amide bonds. The van der Waals surface area contributed by atoms with Gasteiger partial charge >= 0.3 is 0 Å². The second-order valence-electron chi connectivity index (χ2n) is 5.67. The summed E-state index contributed by atoms with van der Waals surface area (Å²) in [7, 11) is 0. The number of carbonyl (C=O) groups excluding carboxylic acids is 1. The summed E-state index contributed by atoms with van der Waals surface area (Å²) in [6, 6.07) is 18.9. The van der Waals surface area contributed by atoms with Crippen molar-refractivity contribution in [3.05, 3.63) is 92.6 Å². The van der Waals surface area contributed by atoms with Crippen molar-refractivity contribution in [1.82, 2.24) is 0 Å². The van der Waals surface area contributed by atoms with Crippen molar-refractivity contribution in [3.8, 4) is 20.9 Å². The minimum absolute atomic E-state index is 0.0300. The summed E-state index contributed by atoms with van der Waals surface area (Å²) in [5, 5.41) is 5.26. The molecule has 0 aliphatic heterocycles. The number of benzene rings is 2. The van der Waals surface area contributed by atoms with Crippen LogP contribution in [0.3, 0.4) is 0 Å². The van der Waals surface area contributed by atoms with Crippen LogP contribution in [0.4, 0.5) is 0 Å². The van der Waals surface area contributed by atoms with E-state index >= 15 is 0 Å². The molecule has 0 unspecified atom stereocenters. The first-order valence-electron chi connectivity index (χ1n) is 7.85. The molecule has 5 heteroatoms. The normalized spacial score (nSPS) is 10.8. The Kier molecular flexibility index (Phi) is 4.96. The van der Waals surface area contributed by atoms with Crippen LogP contribution < -0.4 is 0 Å². The van der Waals surface area contributed by atoms with Gasteiger partial charge < -0.3 is 0 Å². The van der Waals surface area contributed by atoms with Crippen LogP contribution in [0.2, 0.25) is 10.0 Å². The molecule has 2 heterocycles. The second kappa shape index (κ2) is 7.37. The molecule has 0 saturated carbocycles. The van der Waals surface area contributed by atoms with Gasteiger partial charge in [-0.3, -0.25) is 4.79 Å². The summed E-state index contributed by atoms with van der Waals surface area (Å²) in [4.78, 5) is 15.2. The van der Waals surface area contributed by atoms with E-state index in [0.29, 0.717) is 21.2 Å². The molecule has 0 saturated heterocycles. The minimum Gasteiger partial charge on any atom is -0.289 e. The summed E-state index contributed by atoms with van der Waals surface area (Å²) in [6.07, 6.45) is 0. The molecule has 4 rings (SSSR count). The van der Waals surface area contributed by atoms with Crippen molar-refractivity contribution in [3.63, 3.8) is 0 Å². The van der Waals surface area contributed by atoms with Gasteiger partial charge in [0.25, 0.3) is 0 Å². The first-order chi connectivity index (χ1) is 12.6. The SMILES string of the molecule is O=C(c1ccsc1-c1ccc(Cl)cc1)c1ccsc1-c1ccc(Cl)cc1. The fourth-order valence-electron chi connectivity index (χ4n) is 2.77. The molecule has 26 heavy (non-hydrogen) atoms. The highest BCUT2D eigenvalue weighted by Crippen LogP contribution is 2.36. The highest BCUT2D eigenvalue weighted by atomic mass is 35.5. The summed E-state index contributed by atoms with van der Waals surface area (Å²) < 4.78 is 0. The number of carbonyl (C=O) groups is 1. The van der Waals surface area contributed by atoms with Crippen LogP contribution in [-0.4, -0.2) is 5.78 Å². The average Bonchev–Trinajstić information content (AvgIpc) is 3.32. The van der Waals surface area contributed by atoms with Crippen LogP contribution >= 0.6 is 45.9 Å². The Bertz CT molecular complexity index is 974. The zero-order chi connectivity index (χ0) is 18.1. The number of thiophene rings is 2. The molecular formula is C21H12Cl2OS2. The first-order valence-corrected chi connectivity index (χ1v) is 10.4. The molecule has 2 aromatic heterocycles. The number of ketones is 1. The number of halogens is 2. The maximum atomic E-state index is 13.3. The third-order valence-corrected chi connectivity index (χ3v) is 6.46. The molecule has 0 atom stereocenters. The van der Waals surface area contributed by atoms with Gasteiger partial charge in [0, 0.05) is 30.9 Å². The molecule has 4 aromatic rings. The van der Waals surface area contributed by atoms with Crippen LogP contribution in [0.5, 0.6) is 0 Å². The molecule has 0 radical (unpaired) electrons.